The summed E-state index contributed by atoms with van der Waals surface area (Å²) in [5.41, 5.74) is 17.9. The summed E-state index contributed by atoms with van der Waals surface area (Å²) < 4.78 is 0. The number of hydrogen-bond donors (Lipinski definition) is 0. The first-order valence-electron chi connectivity index (χ1n) is 22.6. The molecule has 65 heavy (non-hydrogen) atoms. The molecule has 9 aromatic carbocycles. The molecule has 0 unspecified atom stereocenters. The molecular weight excluding hydrogens is 783 g/mol. The predicted molar refractivity (Wildman–Crippen MR) is 271 cm³/mol. The van der Waals surface area contributed by atoms with Gasteiger partial charge in [0.2, 0.25) is 0 Å². The summed E-state index contributed by atoms with van der Waals surface area (Å²) in [4.78, 5) is 5.31. The van der Waals surface area contributed by atoms with Gasteiger partial charge in [-0.15, -0.1) is 0 Å². The maximum Gasteiger partial charge on any atom is 0.0792 e. The van der Waals surface area contributed by atoms with Crippen LogP contribution < -0.4 is 0 Å². The molecule has 0 spiro atoms. The molecule has 2 aliphatic carbocycles. The SMILES string of the molecule is C=C1/C=C(c2c3ccccc3c(-c3ccc4c(c3)C(c3ccccc3)(c3ccccc3)c3ccccc3-4)c3ncccc23)\C=C/Cc2ccccc2C1(c1ccccc1)c1ccccc1. The number of nitrogens with zero attached hydrogens (tertiary/aromatic N) is 1. The Bertz CT molecular complexity index is 3370. The molecule has 0 N–H and O–H groups in total. The molecule has 12 rings (SSSR count). The van der Waals surface area contributed by atoms with Gasteiger partial charge in [-0.05, 0) is 107 Å². The van der Waals surface area contributed by atoms with E-state index in [2.05, 4.69) is 243 Å². The highest BCUT2D eigenvalue weighted by Gasteiger charge is 2.46. The fourth-order valence-corrected chi connectivity index (χ4v) is 11.5. The Hall–Kier alpha value is -8.13. The number of fused-ring (bicyclic) bond motifs is 6. The Balaban J connectivity index is 1.13. The van der Waals surface area contributed by atoms with Crippen molar-refractivity contribution in [3.8, 4) is 22.3 Å². The van der Waals surface area contributed by atoms with E-state index in [0.29, 0.717) is 0 Å². The van der Waals surface area contributed by atoms with Crippen molar-refractivity contribution in [2.75, 3.05) is 0 Å². The van der Waals surface area contributed by atoms with E-state index in [1.54, 1.807) is 0 Å². The van der Waals surface area contributed by atoms with Crippen molar-refractivity contribution >= 4 is 27.2 Å². The zero-order valence-corrected chi connectivity index (χ0v) is 36.0. The molecule has 1 aromatic heterocycles. The molecule has 0 aliphatic heterocycles. The fourth-order valence-electron chi connectivity index (χ4n) is 11.5. The number of aromatic nitrogens is 1. The van der Waals surface area contributed by atoms with Gasteiger partial charge in [-0.2, -0.15) is 0 Å². The molecule has 10 aromatic rings. The maximum atomic E-state index is 5.31. The Labute approximate surface area is 381 Å². The molecule has 1 heteroatoms. The van der Waals surface area contributed by atoms with E-state index in [9.17, 15) is 0 Å². The highest BCUT2D eigenvalue weighted by atomic mass is 14.7. The van der Waals surface area contributed by atoms with Crippen molar-refractivity contribution in [2.45, 2.75) is 17.3 Å². The normalized spacial score (nSPS) is 16.0. The van der Waals surface area contributed by atoms with Gasteiger partial charge in [-0.1, -0.05) is 237 Å². The van der Waals surface area contributed by atoms with E-state index < -0.39 is 10.8 Å². The van der Waals surface area contributed by atoms with E-state index in [1.807, 2.05) is 6.20 Å². The van der Waals surface area contributed by atoms with Crippen molar-refractivity contribution in [1.29, 1.82) is 0 Å². The summed E-state index contributed by atoms with van der Waals surface area (Å²) in [7, 11) is 0. The lowest BCUT2D eigenvalue weighted by atomic mass is 9.63. The van der Waals surface area contributed by atoms with Crippen LogP contribution in [0, 0.1) is 0 Å². The van der Waals surface area contributed by atoms with Crippen LogP contribution in [0.5, 0.6) is 0 Å². The van der Waals surface area contributed by atoms with Gasteiger partial charge in [0.15, 0.2) is 0 Å². The molecule has 0 fully saturated rings. The second kappa shape index (κ2) is 15.6. The second-order valence-corrected chi connectivity index (χ2v) is 17.4. The van der Waals surface area contributed by atoms with Crippen LogP contribution in [0.15, 0.2) is 261 Å². The number of hydrogen-bond acceptors (Lipinski definition) is 1. The van der Waals surface area contributed by atoms with Crippen LogP contribution >= 0.6 is 0 Å². The van der Waals surface area contributed by atoms with Gasteiger partial charge in [0.05, 0.1) is 16.3 Å². The second-order valence-electron chi connectivity index (χ2n) is 17.4. The molecule has 1 heterocycles. The van der Waals surface area contributed by atoms with Crippen LogP contribution in [0.3, 0.4) is 0 Å². The number of allylic oxidation sites excluding steroid dienone is 5. The molecule has 0 radical (unpaired) electrons. The van der Waals surface area contributed by atoms with Crippen molar-refractivity contribution in [3.63, 3.8) is 0 Å². The van der Waals surface area contributed by atoms with Crippen molar-refractivity contribution in [1.82, 2.24) is 4.98 Å². The summed E-state index contributed by atoms with van der Waals surface area (Å²) in [5, 5.41) is 3.44. The van der Waals surface area contributed by atoms with Gasteiger partial charge in [0, 0.05) is 17.1 Å². The van der Waals surface area contributed by atoms with E-state index in [4.69, 9.17) is 11.6 Å². The number of benzene rings is 9. The molecule has 0 saturated heterocycles. The number of pyridine rings is 1. The van der Waals surface area contributed by atoms with Crippen molar-refractivity contribution in [2.24, 2.45) is 0 Å². The van der Waals surface area contributed by atoms with Gasteiger partial charge in [-0.25, -0.2) is 0 Å². The van der Waals surface area contributed by atoms with Crippen LogP contribution in [-0.2, 0) is 17.3 Å². The summed E-state index contributed by atoms with van der Waals surface area (Å²) in [6.45, 7) is 5.05. The van der Waals surface area contributed by atoms with E-state index in [1.165, 1.54) is 61.0 Å². The highest BCUT2D eigenvalue weighted by Crippen LogP contribution is 2.57. The Kier molecular flexibility index (Phi) is 9.24. The first kappa shape index (κ1) is 38.5. The molecule has 0 saturated carbocycles. The molecule has 0 atom stereocenters. The average Bonchev–Trinajstić information content (AvgIpc) is 3.70. The minimum absolute atomic E-state index is 0.516. The van der Waals surface area contributed by atoms with Crippen molar-refractivity contribution < 1.29 is 0 Å². The minimum atomic E-state index is -0.647. The molecule has 0 amide bonds. The van der Waals surface area contributed by atoms with Crippen molar-refractivity contribution in [3.05, 3.63) is 311 Å². The van der Waals surface area contributed by atoms with Crippen LogP contribution in [0.1, 0.15) is 50.1 Å². The van der Waals surface area contributed by atoms with E-state index in [0.717, 1.165) is 50.5 Å². The molecular formula is C64H45N. The van der Waals surface area contributed by atoms with Gasteiger partial charge in [0.1, 0.15) is 0 Å². The zero-order chi connectivity index (χ0) is 43.4. The first-order chi connectivity index (χ1) is 32.2. The fraction of sp³-hybridized carbons (Fsp3) is 0.0469. The van der Waals surface area contributed by atoms with E-state index >= 15 is 0 Å². The molecule has 1 nitrogen and oxygen atoms in total. The predicted octanol–water partition coefficient (Wildman–Crippen LogP) is 15.5. The minimum Gasteiger partial charge on any atom is -0.256 e. The third kappa shape index (κ3) is 5.82. The third-order valence-corrected chi connectivity index (χ3v) is 14.1. The Morgan fingerprint density at radius 3 is 1.57 bits per heavy atom. The maximum absolute atomic E-state index is 5.31. The van der Waals surface area contributed by atoms with Gasteiger partial charge < -0.3 is 0 Å². The zero-order valence-electron chi connectivity index (χ0n) is 36.0. The largest absolute Gasteiger partial charge is 0.256 e. The number of rotatable bonds is 6. The van der Waals surface area contributed by atoms with Crippen LogP contribution in [-0.4, -0.2) is 4.98 Å². The smallest absolute Gasteiger partial charge is 0.0792 e. The highest BCUT2D eigenvalue weighted by molar-refractivity contribution is 6.18. The summed E-state index contributed by atoms with van der Waals surface area (Å²) >= 11 is 0. The average molecular weight is 828 g/mol. The molecule has 0 bridgehead atoms. The third-order valence-electron chi connectivity index (χ3n) is 14.1. The molecule has 2 aliphatic rings. The van der Waals surface area contributed by atoms with Crippen LogP contribution in [0.25, 0.3) is 49.5 Å². The standard InChI is InChI=1S/C64H45N/c1-44-42-46(24-20-23-45-22-14-18-37-57(45)63(44,48-25-6-2-7-26-48)49-27-8-3-9-28-49)60-54-34-15-16-35-55(54)61(62-56(60)36-21-41-65-62)47-39-40-53-52-33-17-19-38-58(52)64(59(53)43-47,50-29-10-4-11-30-50)51-31-12-5-13-32-51/h2-22,24-43H,1,23H2/b24-20-,46-42+. The van der Waals surface area contributed by atoms with E-state index in [-0.39, 0.29) is 0 Å². The van der Waals surface area contributed by atoms with Gasteiger partial charge in [0.25, 0.3) is 0 Å². The summed E-state index contributed by atoms with van der Waals surface area (Å²) in [5.74, 6) is 0. The lowest BCUT2D eigenvalue weighted by Gasteiger charge is -2.38. The van der Waals surface area contributed by atoms with Crippen LogP contribution in [0.2, 0.25) is 0 Å². The Morgan fingerprint density at radius 2 is 0.923 bits per heavy atom. The lowest BCUT2D eigenvalue weighted by molar-refractivity contribution is 0.737. The summed E-state index contributed by atoms with van der Waals surface area (Å²) in [6.07, 6.45) is 9.73. The Morgan fingerprint density at radius 1 is 0.415 bits per heavy atom. The first-order valence-corrected chi connectivity index (χ1v) is 22.6. The summed E-state index contributed by atoms with van der Waals surface area (Å²) in [6, 6.07) is 82.3. The van der Waals surface area contributed by atoms with Crippen LogP contribution in [0.4, 0.5) is 0 Å². The lowest BCUT2D eigenvalue weighted by Crippen LogP contribution is -2.32. The quantitative estimate of drug-likeness (QED) is 0.152. The van der Waals surface area contributed by atoms with Gasteiger partial charge >= 0.3 is 0 Å². The topological polar surface area (TPSA) is 12.9 Å². The monoisotopic (exact) mass is 827 g/mol. The van der Waals surface area contributed by atoms with Gasteiger partial charge in [-0.3, -0.25) is 4.98 Å². The molecule has 306 valence electrons.